The van der Waals surface area contributed by atoms with Gasteiger partial charge in [0.15, 0.2) is 5.82 Å². The molecule has 0 fully saturated rings. The molecule has 1 unspecified atom stereocenters. The molecular formula is C17H19N5O2. The predicted molar refractivity (Wildman–Crippen MR) is 89.3 cm³/mol. The van der Waals surface area contributed by atoms with Crippen molar-refractivity contribution in [2.24, 2.45) is 0 Å². The normalized spacial score (nSPS) is 16.8. The van der Waals surface area contributed by atoms with Gasteiger partial charge in [-0.25, -0.2) is 9.67 Å². The van der Waals surface area contributed by atoms with Crippen LogP contribution in [0, 0.1) is 19.1 Å². The zero-order valence-electron chi connectivity index (χ0n) is 13.9. The summed E-state index contributed by atoms with van der Waals surface area (Å²) >= 11 is 0. The van der Waals surface area contributed by atoms with Gasteiger partial charge in [-0.05, 0) is 37.6 Å². The number of allylic oxidation sites excluding steroid dienone is 2. The second-order valence-electron chi connectivity index (χ2n) is 5.72. The number of likely N-dealkylation sites (N-methyl/N-ethyl adjacent to an activating group) is 1. The summed E-state index contributed by atoms with van der Waals surface area (Å²) in [5.74, 6) is 0.508. The summed E-state index contributed by atoms with van der Waals surface area (Å²) in [5.41, 5.74) is 2.85. The number of quaternary nitrogens is 1. The molecular weight excluding hydrogens is 306 g/mol. The molecule has 2 aromatic heterocycles. The first-order valence-electron chi connectivity index (χ1n) is 7.64. The van der Waals surface area contributed by atoms with Gasteiger partial charge in [0.05, 0.1) is 29.4 Å². The molecule has 3 heterocycles. The van der Waals surface area contributed by atoms with Crippen LogP contribution < -0.4 is 5.06 Å². The van der Waals surface area contributed by atoms with E-state index in [0.29, 0.717) is 22.8 Å². The number of pyridine rings is 1. The topological polar surface area (TPSA) is 78.5 Å². The number of aromatic nitrogens is 3. The summed E-state index contributed by atoms with van der Waals surface area (Å²) < 4.78 is 1.66. The van der Waals surface area contributed by atoms with Gasteiger partial charge in [-0.15, -0.1) is 0 Å². The number of hydrogen-bond donors (Lipinski definition) is 1. The van der Waals surface area contributed by atoms with Gasteiger partial charge in [0.1, 0.15) is 6.54 Å². The SMILES string of the molecule is Cc1cccnc1-n1ncc(C(=O)N(C)C2=CC=C[NH+]([O-])C2)c1C. The van der Waals surface area contributed by atoms with Crippen LogP contribution in [0.5, 0.6) is 0 Å². The first-order valence-corrected chi connectivity index (χ1v) is 7.64. The Kier molecular flexibility index (Phi) is 4.28. The molecule has 7 heteroatoms. The maximum absolute atomic E-state index is 12.8. The molecule has 0 saturated carbocycles. The monoisotopic (exact) mass is 325 g/mol. The number of nitrogens with one attached hydrogen (secondary N) is 1. The first kappa shape index (κ1) is 16.1. The maximum Gasteiger partial charge on any atom is 0.261 e. The zero-order valence-corrected chi connectivity index (χ0v) is 13.9. The van der Waals surface area contributed by atoms with Gasteiger partial charge in [0.2, 0.25) is 0 Å². The van der Waals surface area contributed by atoms with Crippen molar-refractivity contribution in [2.45, 2.75) is 13.8 Å². The largest absolute Gasteiger partial charge is 0.629 e. The van der Waals surface area contributed by atoms with Crippen molar-refractivity contribution in [3.63, 3.8) is 0 Å². The van der Waals surface area contributed by atoms with Crippen LogP contribution in [0.1, 0.15) is 21.6 Å². The summed E-state index contributed by atoms with van der Waals surface area (Å²) in [5, 5.41) is 15.8. The highest BCUT2D eigenvalue weighted by atomic mass is 16.5. The van der Waals surface area contributed by atoms with Crippen LogP contribution >= 0.6 is 0 Å². The minimum atomic E-state index is -0.193. The molecule has 2 aromatic rings. The van der Waals surface area contributed by atoms with Gasteiger partial charge in [-0.2, -0.15) is 5.10 Å². The Balaban J connectivity index is 1.91. The Morgan fingerprint density at radius 1 is 1.42 bits per heavy atom. The van der Waals surface area contributed by atoms with Crippen LogP contribution in [-0.4, -0.2) is 39.2 Å². The highest BCUT2D eigenvalue weighted by Crippen LogP contribution is 2.18. The number of nitrogens with zero attached hydrogens (tertiary/aromatic N) is 4. The Labute approximate surface area is 140 Å². The molecule has 0 spiro atoms. The maximum atomic E-state index is 12.8. The van der Waals surface area contributed by atoms with Crippen molar-refractivity contribution in [1.29, 1.82) is 0 Å². The second kappa shape index (κ2) is 6.38. The molecule has 0 radical (unpaired) electrons. The van der Waals surface area contributed by atoms with Crippen LogP contribution in [0.15, 0.2) is 48.6 Å². The predicted octanol–water partition coefficient (Wildman–Crippen LogP) is 0.750. The molecule has 1 amide bonds. The highest BCUT2D eigenvalue weighted by molar-refractivity contribution is 5.96. The van der Waals surface area contributed by atoms with Gasteiger partial charge >= 0.3 is 0 Å². The van der Waals surface area contributed by atoms with E-state index in [9.17, 15) is 10.0 Å². The van der Waals surface area contributed by atoms with E-state index in [4.69, 9.17) is 0 Å². The van der Waals surface area contributed by atoms with E-state index in [1.807, 2.05) is 26.0 Å². The molecule has 124 valence electrons. The number of rotatable bonds is 3. The van der Waals surface area contributed by atoms with Crippen LogP contribution in [-0.2, 0) is 0 Å². The lowest BCUT2D eigenvalue weighted by atomic mass is 10.2. The smallest absolute Gasteiger partial charge is 0.261 e. The van der Waals surface area contributed by atoms with Crippen molar-refractivity contribution >= 4 is 5.91 Å². The van der Waals surface area contributed by atoms with E-state index in [0.717, 1.165) is 5.56 Å². The fourth-order valence-corrected chi connectivity index (χ4v) is 2.64. The minimum Gasteiger partial charge on any atom is -0.629 e. The Bertz CT molecular complexity index is 837. The van der Waals surface area contributed by atoms with Crippen LogP contribution in [0.3, 0.4) is 0 Å². The van der Waals surface area contributed by atoms with E-state index in [2.05, 4.69) is 10.1 Å². The van der Waals surface area contributed by atoms with Crippen molar-refractivity contribution in [2.75, 3.05) is 13.6 Å². The number of aryl methyl sites for hydroxylation is 1. The summed E-state index contributed by atoms with van der Waals surface area (Å²) in [4.78, 5) is 18.6. The zero-order chi connectivity index (χ0) is 17.3. The molecule has 1 aliphatic heterocycles. The Morgan fingerprint density at radius 3 is 2.92 bits per heavy atom. The first-order chi connectivity index (χ1) is 11.5. The number of hydrogen-bond acceptors (Lipinski definition) is 4. The van der Waals surface area contributed by atoms with Crippen molar-refractivity contribution in [3.05, 3.63) is 70.6 Å². The van der Waals surface area contributed by atoms with Gasteiger partial charge in [0, 0.05) is 13.2 Å². The van der Waals surface area contributed by atoms with Gasteiger partial charge in [0.25, 0.3) is 5.91 Å². The van der Waals surface area contributed by atoms with Gasteiger partial charge < -0.3 is 15.2 Å². The molecule has 0 aromatic carbocycles. The molecule has 1 aliphatic rings. The van der Waals surface area contributed by atoms with E-state index < -0.39 is 0 Å². The lowest BCUT2D eigenvalue weighted by molar-refractivity contribution is -0.787. The molecule has 0 saturated heterocycles. The molecule has 24 heavy (non-hydrogen) atoms. The fraction of sp³-hybridized carbons (Fsp3) is 0.235. The molecule has 1 N–H and O–H groups in total. The molecule has 0 bridgehead atoms. The van der Waals surface area contributed by atoms with E-state index in [-0.39, 0.29) is 17.5 Å². The number of amides is 1. The number of hydroxylamine groups is 2. The quantitative estimate of drug-likeness (QED) is 0.845. The molecule has 1 atom stereocenters. The van der Waals surface area contributed by atoms with Crippen molar-refractivity contribution in [3.8, 4) is 5.82 Å². The molecule has 0 aliphatic carbocycles. The summed E-state index contributed by atoms with van der Waals surface area (Å²) in [6.45, 7) is 4.01. The lowest BCUT2D eigenvalue weighted by Crippen LogP contribution is -3.03. The van der Waals surface area contributed by atoms with E-state index in [1.165, 1.54) is 11.1 Å². The third-order valence-corrected chi connectivity index (χ3v) is 4.08. The minimum absolute atomic E-state index is 0.0105. The van der Waals surface area contributed by atoms with E-state index in [1.54, 1.807) is 36.3 Å². The van der Waals surface area contributed by atoms with Crippen LogP contribution in [0.25, 0.3) is 5.82 Å². The molecule has 3 rings (SSSR count). The Hall–Kier alpha value is -2.77. The lowest BCUT2D eigenvalue weighted by Gasteiger charge is -2.27. The third kappa shape index (κ3) is 2.86. The fourth-order valence-electron chi connectivity index (χ4n) is 2.64. The average Bonchev–Trinajstić information content (AvgIpc) is 2.95. The molecule has 7 nitrogen and oxygen atoms in total. The summed E-state index contributed by atoms with van der Waals surface area (Å²) in [7, 11) is 1.67. The Morgan fingerprint density at radius 2 is 2.21 bits per heavy atom. The summed E-state index contributed by atoms with van der Waals surface area (Å²) in [6, 6.07) is 3.81. The van der Waals surface area contributed by atoms with Gasteiger partial charge in [-0.3, -0.25) is 4.79 Å². The summed E-state index contributed by atoms with van der Waals surface area (Å²) in [6.07, 6.45) is 8.20. The van der Waals surface area contributed by atoms with Crippen LogP contribution in [0.4, 0.5) is 0 Å². The van der Waals surface area contributed by atoms with Crippen LogP contribution in [0.2, 0.25) is 0 Å². The third-order valence-electron chi connectivity index (χ3n) is 4.08. The van der Waals surface area contributed by atoms with Crippen molar-refractivity contribution < 1.29 is 9.86 Å². The average molecular weight is 325 g/mol. The second-order valence-corrected chi connectivity index (χ2v) is 5.72. The van der Waals surface area contributed by atoms with E-state index >= 15 is 0 Å². The standard InChI is InChI=1S/C17H19N5O2/c1-12-6-4-8-18-16(12)22-13(2)15(10-19-22)17(23)20(3)14-7-5-9-21(24)11-14/h4-10,21H,11H2,1-3H3. The number of carbonyl (C=O) groups is 1. The van der Waals surface area contributed by atoms with Gasteiger partial charge in [-0.1, -0.05) is 6.07 Å². The highest BCUT2D eigenvalue weighted by Gasteiger charge is 2.23. The number of carbonyl (C=O) groups excluding carboxylic acids is 1. The van der Waals surface area contributed by atoms with Crippen molar-refractivity contribution in [1.82, 2.24) is 19.7 Å².